The maximum absolute atomic E-state index is 12.6. The lowest BCUT2D eigenvalue weighted by Gasteiger charge is -2.06. The van der Waals surface area contributed by atoms with Crippen molar-refractivity contribution >= 4 is 22.9 Å². The van der Waals surface area contributed by atoms with E-state index in [9.17, 15) is 14.9 Å². The first-order valence-electron chi connectivity index (χ1n) is 6.97. The monoisotopic (exact) mass is 310 g/mol. The topological polar surface area (TPSA) is 89.5 Å². The first-order chi connectivity index (χ1) is 11.0. The molecule has 1 amide bonds. The van der Waals surface area contributed by atoms with Crippen molar-refractivity contribution in [3.05, 3.63) is 69.7 Å². The Kier molecular flexibility index (Phi) is 3.53. The van der Waals surface area contributed by atoms with Crippen LogP contribution < -0.4 is 5.32 Å². The number of rotatable bonds is 3. The summed E-state index contributed by atoms with van der Waals surface area (Å²) in [6.45, 7) is 3.68. The van der Waals surface area contributed by atoms with Gasteiger partial charge in [0.05, 0.1) is 10.6 Å². The molecule has 23 heavy (non-hydrogen) atoms. The molecule has 116 valence electrons. The van der Waals surface area contributed by atoms with Crippen LogP contribution in [-0.2, 0) is 0 Å². The van der Waals surface area contributed by atoms with Crippen molar-refractivity contribution in [2.24, 2.45) is 0 Å². The molecule has 3 rings (SSSR count). The highest BCUT2D eigenvalue weighted by molar-refractivity contribution is 6.04. The second-order valence-corrected chi connectivity index (χ2v) is 5.24. The second kappa shape index (κ2) is 5.53. The van der Waals surface area contributed by atoms with E-state index in [1.807, 2.05) is 25.3 Å². The van der Waals surface area contributed by atoms with Crippen LogP contribution in [0, 0.1) is 24.0 Å². The lowest BCUT2D eigenvalue weighted by molar-refractivity contribution is -0.384. The summed E-state index contributed by atoms with van der Waals surface area (Å²) in [6, 6.07) is 9.59. The van der Waals surface area contributed by atoms with Crippen LogP contribution in [0.4, 0.5) is 11.4 Å². The number of pyridine rings is 1. The Bertz CT molecular complexity index is 930. The summed E-state index contributed by atoms with van der Waals surface area (Å²) in [5, 5.41) is 13.5. The minimum Gasteiger partial charge on any atom is -0.320 e. The van der Waals surface area contributed by atoms with Crippen LogP contribution in [0.5, 0.6) is 0 Å². The van der Waals surface area contributed by atoms with E-state index in [0.717, 1.165) is 5.56 Å². The molecule has 1 aromatic carbocycles. The largest absolute Gasteiger partial charge is 0.320 e. The Hall–Kier alpha value is -3.22. The summed E-state index contributed by atoms with van der Waals surface area (Å²) in [5.41, 5.74) is 2.98. The average Bonchev–Trinajstić information content (AvgIpc) is 2.82. The number of fused-ring (bicyclic) bond motifs is 1. The number of nitro groups is 1. The van der Waals surface area contributed by atoms with Gasteiger partial charge in [0.2, 0.25) is 0 Å². The predicted octanol–water partition coefficient (Wildman–Crippen LogP) is 3.11. The molecule has 0 aliphatic rings. The van der Waals surface area contributed by atoms with E-state index in [2.05, 4.69) is 10.3 Å². The minimum absolute atomic E-state index is 0.0755. The molecule has 0 atom stereocenters. The molecule has 7 nitrogen and oxygen atoms in total. The van der Waals surface area contributed by atoms with Crippen LogP contribution in [-0.4, -0.2) is 20.2 Å². The summed E-state index contributed by atoms with van der Waals surface area (Å²) in [7, 11) is 0. The lowest BCUT2D eigenvalue weighted by atomic mass is 10.2. The van der Waals surface area contributed by atoms with Crippen molar-refractivity contribution in [2.75, 3.05) is 5.32 Å². The van der Waals surface area contributed by atoms with Crippen LogP contribution in [0.2, 0.25) is 0 Å². The zero-order chi connectivity index (χ0) is 16.6. The van der Waals surface area contributed by atoms with Gasteiger partial charge in [0, 0.05) is 24.0 Å². The van der Waals surface area contributed by atoms with E-state index in [1.54, 1.807) is 17.4 Å². The molecular weight excluding hydrogens is 296 g/mol. The number of carbonyl (C=O) groups excluding carboxylic acids is 1. The molecule has 0 bridgehead atoms. The van der Waals surface area contributed by atoms with Crippen molar-refractivity contribution < 1.29 is 9.72 Å². The first-order valence-corrected chi connectivity index (χ1v) is 6.97. The Morgan fingerprint density at radius 2 is 2.04 bits per heavy atom. The highest BCUT2D eigenvalue weighted by Gasteiger charge is 2.17. The summed E-state index contributed by atoms with van der Waals surface area (Å²) in [5.74, 6) is -0.360. The first kappa shape index (κ1) is 14.7. The van der Waals surface area contributed by atoms with Crippen molar-refractivity contribution in [3.63, 3.8) is 0 Å². The van der Waals surface area contributed by atoms with Gasteiger partial charge in [0.25, 0.3) is 11.6 Å². The minimum atomic E-state index is -0.502. The molecule has 0 unspecified atom stereocenters. The highest BCUT2D eigenvalue weighted by atomic mass is 16.6. The number of hydrogen-bond acceptors (Lipinski definition) is 4. The van der Waals surface area contributed by atoms with Crippen LogP contribution in [0.1, 0.15) is 21.7 Å². The molecule has 0 saturated carbocycles. The Morgan fingerprint density at radius 1 is 1.26 bits per heavy atom. The molecule has 2 aromatic heterocycles. The zero-order valence-electron chi connectivity index (χ0n) is 12.6. The van der Waals surface area contributed by atoms with Crippen molar-refractivity contribution in [1.82, 2.24) is 9.38 Å². The Labute approximate surface area is 131 Å². The number of aryl methyl sites for hydroxylation is 2. The van der Waals surface area contributed by atoms with Crippen LogP contribution >= 0.6 is 0 Å². The van der Waals surface area contributed by atoms with Gasteiger partial charge in [-0.05, 0) is 31.5 Å². The molecule has 0 spiro atoms. The maximum atomic E-state index is 12.6. The third kappa shape index (κ3) is 2.76. The smallest absolute Gasteiger partial charge is 0.274 e. The Morgan fingerprint density at radius 3 is 2.78 bits per heavy atom. The number of nitrogens with one attached hydrogen (secondary N) is 1. The number of anilines is 1. The molecule has 0 radical (unpaired) electrons. The van der Waals surface area contributed by atoms with Gasteiger partial charge in [-0.15, -0.1) is 0 Å². The normalized spacial score (nSPS) is 10.7. The van der Waals surface area contributed by atoms with E-state index in [0.29, 0.717) is 22.7 Å². The fourth-order valence-corrected chi connectivity index (χ4v) is 2.43. The van der Waals surface area contributed by atoms with E-state index >= 15 is 0 Å². The quantitative estimate of drug-likeness (QED) is 0.594. The number of benzene rings is 1. The molecule has 0 aliphatic heterocycles. The molecular formula is C16H14N4O3. The standard InChI is InChI=1S/C16H14N4O3/c1-10-6-7-14-17-11(2)15(19(14)9-10)16(21)18-12-4-3-5-13(8-12)20(22)23/h3-9H,1-2H3,(H,18,21). The number of imidazole rings is 1. The highest BCUT2D eigenvalue weighted by Crippen LogP contribution is 2.19. The number of hydrogen-bond donors (Lipinski definition) is 1. The predicted molar refractivity (Wildman–Crippen MR) is 85.7 cm³/mol. The van der Waals surface area contributed by atoms with Gasteiger partial charge < -0.3 is 5.32 Å². The van der Waals surface area contributed by atoms with Gasteiger partial charge in [-0.2, -0.15) is 0 Å². The average molecular weight is 310 g/mol. The number of amides is 1. The SMILES string of the molecule is Cc1ccc2nc(C)c(C(=O)Nc3cccc([N+](=O)[O-])c3)n2c1. The van der Waals surface area contributed by atoms with Crippen molar-refractivity contribution in [3.8, 4) is 0 Å². The summed E-state index contributed by atoms with van der Waals surface area (Å²) < 4.78 is 1.72. The van der Waals surface area contributed by atoms with Crippen LogP contribution in [0.3, 0.4) is 0 Å². The fourth-order valence-electron chi connectivity index (χ4n) is 2.43. The van der Waals surface area contributed by atoms with E-state index < -0.39 is 4.92 Å². The fraction of sp³-hybridized carbons (Fsp3) is 0.125. The number of nitro benzene ring substituents is 1. The van der Waals surface area contributed by atoms with Gasteiger partial charge in [-0.3, -0.25) is 19.3 Å². The molecule has 1 N–H and O–H groups in total. The summed E-state index contributed by atoms with van der Waals surface area (Å²) in [6.07, 6.45) is 1.83. The van der Waals surface area contributed by atoms with E-state index in [1.165, 1.54) is 18.2 Å². The summed E-state index contributed by atoms with van der Waals surface area (Å²) >= 11 is 0. The number of aromatic nitrogens is 2. The molecule has 0 aliphatic carbocycles. The molecule has 0 fully saturated rings. The zero-order valence-corrected chi connectivity index (χ0v) is 12.6. The van der Waals surface area contributed by atoms with Crippen molar-refractivity contribution in [1.29, 1.82) is 0 Å². The maximum Gasteiger partial charge on any atom is 0.274 e. The van der Waals surface area contributed by atoms with Crippen LogP contribution in [0.15, 0.2) is 42.6 Å². The number of nitrogens with zero attached hydrogens (tertiary/aromatic N) is 3. The van der Waals surface area contributed by atoms with Crippen molar-refractivity contribution in [2.45, 2.75) is 13.8 Å². The van der Waals surface area contributed by atoms with E-state index in [-0.39, 0.29) is 11.6 Å². The van der Waals surface area contributed by atoms with Gasteiger partial charge in [0.15, 0.2) is 0 Å². The molecule has 2 heterocycles. The number of non-ortho nitro benzene ring substituents is 1. The van der Waals surface area contributed by atoms with E-state index in [4.69, 9.17) is 0 Å². The third-order valence-corrected chi connectivity index (χ3v) is 3.47. The second-order valence-electron chi connectivity index (χ2n) is 5.24. The third-order valence-electron chi connectivity index (χ3n) is 3.47. The van der Waals surface area contributed by atoms with Gasteiger partial charge in [-0.25, -0.2) is 4.98 Å². The molecule has 7 heteroatoms. The van der Waals surface area contributed by atoms with Gasteiger partial charge in [-0.1, -0.05) is 12.1 Å². The number of carbonyl (C=O) groups is 1. The molecule has 0 saturated heterocycles. The van der Waals surface area contributed by atoms with Gasteiger partial charge >= 0.3 is 0 Å². The lowest BCUT2D eigenvalue weighted by Crippen LogP contribution is -2.15. The van der Waals surface area contributed by atoms with Gasteiger partial charge in [0.1, 0.15) is 11.3 Å². The van der Waals surface area contributed by atoms with Crippen LogP contribution in [0.25, 0.3) is 5.65 Å². The molecule has 3 aromatic rings. The Balaban J connectivity index is 1.98. The summed E-state index contributed by atoms with van der Waals surface area (Å²) in [4.78, 5) is 27.2.